The maximum absolute atomic E-state index is 5.81. The summed E-state index contributed by atoms with van der Waals surface area (Å²) in [5, 5.41) is 0. The number of nitrogens with two attached hydrogens (primary N) is 1. The number of aryl methyl sites for hydroxylation is 1. The smallest absolute Gasteiger partial charge is 0.0319 e. The molecule has 1 aliphatic rings. The van der Waals surface area contributed by atoms with Gasteiger partial charge < -0.3 is 5.73 Å². The van der Waals surface area contributed by atoms with Gasteiger partial charge in [-0.1, -0.05) is 6.07 Å². The Kier molecular flexibility index (Phi) is 2.46. The molecule has 14 heavy (non-hydrogen) atoms. The van der Waals surface area contributed by atoms with Crippen LogP contribution >= 0.6 is 0 Å². The van der Waals surface area contributed by atoms with Crippen LogP contribution in [-0.4, -0.2) is 18.0 Å². The van der Waals surface area contributed by atoms with Crippen LogP contribution in [0, 0.1) is 6.92 Å². The topological polar surface area (TPSA) is 29.3 Å². The zero-order chi connectivity index (χ0) is 10.1. The lowest BCUT2D eigenvalue weighted by atomic mass is 10.1. The maximum Gasteiger partial charge on any atom is 0.0319 e. The first kappa shape index (κ1) is 9.53. The molecule has 0 amide bonds. The minimum atomic E-state index is 0.816. The van der Waals surface area contributed by atoms with Crippen LogP contribution in [-0.2, 0) is 6.54 Å². The fourth-order valence-electron chi connectivity index (χ4n) is 1.92. The van der Waals surface area contributed by atoms with Crippen LogP contribution in [0.5, 0.6) is 0 Å². The molecule has 0 atom stereocenters. The van der Waals surface area contributed by atoms with Crippen molar-refractivity contribution in [2.45, 2.75) is 32.4 Å². The Morgan fingerprint density at radius 2 is 2.07 bits per heavy atom. The lowest BCUT2D eigenvalue weighted by Gasteiger charge is -2.16. The average Bonchev–Trinajstić information content (AvgIpc) is 2.82. The summed E-state index contributed by atoms with van der Waals surface area (Å²) in [5.41, 5.74) is 9.27. The van der Waals surface area contributed by atoms with Gasteiger partial charge in [-0.05, 0) is 50.1 Å². The van der Waals surface area contributed by atoms with Gasteiger partial charge in [0.1, 0.15) is 0 Å². The van der Waals surface area contributed by atoms with Crippen molar-refractivity contribution in [1.82, 2.24) is 4.90 Å². The summed E-state index contributed by atoms with van der Waals surface area (Å²) >= 11 is 0. The van der Waals surface area contributed by atoms with Crippen LogP contribution in [0.15, 0.2) is 18.2 Å². The van der Waals surface area contributed by atoms with Crippen LogP contribution in [0.4, 0.5) is 5.69 Å². The minimum Gasteiger partial charge on any atom is -0.399 e. The second-order valence-electron chi connectivity index (χ2n) is 4.40. The molecule has 0 saturated heterocycles. The van der Waals surface area contributed by atoms with E-state index in [1.165, 1.54) is 24.0 Å². The Bertz CT molecular complexity index is 309. The number of hydrogen-bond donors (Lipinski definition) is 1. The highest BCUT2D eigenvalue weighted by atomic mass is 15.1. The maximum atomic E-state index is 5.81. The monoisotopic (exact) mass is 190 g/mol. The lowest BCUT2D eigenvalue weighted by molar-refractivity contribution is 0.316. The lowest BCUT2D eigenvalue weighted by Crippen LogP contribution is -2.19. The number of nitrogens with zero attached hydrogens (tertiary/aromatic N) is 1. The van der Waals surface area contributed by atoms with E-state index in [2.05, 4.69) is 31.0 Å². The Labute approximate surface area is 85.7 Å². The van der Waals surface area contributed by atoms with Crippen molar-refractivity contribution in [2.24, 2.45) is 0 Å². The first-order chi connectivity index (χ1) is 6.65. The Balaban J connectivity index is 2.07. The normalized spacial score (nSPS) is 16.2. The van der Waals surface area contributed by atoms with E-state index in [1.807, 2.05) is 6.07 Å². The number of benzene rings is 1. The third-order valence-electron chi connectivity index (χ3n) is 2.76. The summed E-state index contributed by atoms with van der Waals surface area (Å²) in [6.07, 6.45) is 2.72. The van der Waals surface area contributed by atoms with Crippen molar-refractivity contribution in [3.05, 3.63) is 29.3 Å². The van der Waals surface area contributed by atoms with Crippen LogP contribution in [0.2, 0.25) is 0 Å². The van der Waals surface area contributed by atoms with Crippen molar-refractivity contribution >= 4 is 5.69 Å². The fourth-order valence-corrected chi connectivity index (χ4v) is 1.92. The first-order valence-electron chi connectivity index (χ1n) is 5.21. The van der Waals surface area contributed by atoms with Crippen LogP contribution in [0.25, 0.3) is 0 Å². The third kappa shape index (κ3) is 2.26. The summed E-state index contributed by atoms with van der Waals surface area (Å²) in [7, 11) is 2.19. The summed E-state index contributed by atoms with van der Waals surface area (Å²) in [4.78, 5) is 2.41. The van der Waals surface area contributed by atoms with Crippen molar-refractivity contribution in [3.63, 3.8) is 0 Å². The molecule has 1 fully saturated rings. The highest BCUT2D eigenvalue weighted by Crippen LogP contribution is 2.27. The fraction of sp³-hybridized carbons (Fsp3) is 0.500. The molecule has 0 spiro atoms. The standard InChI is InChI=1S/C12H18N2/c1-9-5-10(7-11(13)6-9)8-14(2)12-3-4-12/h5-7,12H,3-4,8,13H2,1-2H3. The molecule has 1 aliphatic carbocycles. The summed E-state index contributed by atoms with van der Waals surface area (Å²) in [5.74, 6) is 0. The molecule has 76 valence electrons. The molecule has 0 bridgehead atoms. The van der Waals surface area contributed by atoms with Crippen molar-refractivity contribution in [1.29, 1.82) is 0 Å². The van der Waals surface area contributed by atoms with Gasteiger partial charge >= 0.3 is 0 Å². The second kappa shape index (κ2) is 3.62. The molecule has 2 N–H and O–H groups in total. The van der Waals surface area contributed by atoms with E-state index in [-0.39, 0.29) is 0 Å². The molecule has 2 heteroatoms. The Morgan fingerprint density at radius 1 is 1.36 bits per heavy atom. The van der Waals surface area contributed by atoms with Crippen LogP contribution in [0.1, 0.15) is 24.0 Å². The second-order valence-corrected chi connectivity index (χ2v) is 4.40. The number of hydrogen-bond acceptors (Lipinski definition) is 2. The zero-order valence-electron chi connectivity index (χ0n) is 8.96. The van der Waals surface area contributed by atoms with Crippen LogP contribution in [0.3, 0.4) is 0 Å². The Hall–Kier alpha value is -1.02. The molecule has 0 aromatic heterocycles. The van der Waals surface area contributed by atoms with Crippen LogP contribution < -0.4 is 5.73 Å². The molecule has 2 rings (SSSR count). The van der Waals surface area contributed by atoms with E-state index in [4.69, 9.17) is 5.73 Å². The van der Waals surface area contributed by atoms with Gasteiger partial charge in [0, 0.05) is 18.3 Å². The predicted octanol–water partition coefficient (Wildman–Crippen LogP) is 2.17. The summed E-state index contributed by atoms with van der Waals surface area (Å²) < 4.78 is 0. The average molecular weight is 190 g/mol. The number of anilines is 1. The van der Waals surface area contributed by atoms with Crippen molar-refractivity contribution in [2.75, 3.05) is 12.8 Å². The van der Waals surface area contributed by atoms with Gasteiger partial charge in [0.05, 0.1) is 0 Å². The molecule has 1 aromatic carbocycles. The largest absolute Gasteiger partial charge is 0.399 e. The van der Waals surface area contributed by atoms with Gasteiger partial charge in [0.15, 0.2) is 0 Å². The molecule has 1 saturated carbocycles. The minimum absolute atomic E-state index is 0.816. The van der Waals surface area contributed by atoms with E-state index in [0.717, 1.165) is 18.3 Å². The van der Waals surface area contributed by atoms with Crippen molar-refractivity contribution in [3.8, 4) is 0 Å². The molecule has 0 unspecified atom stereocenters. The molecular weight excluding hydrogens is 172 g/mol. The molecule has 0 heterocycles. The molecule has 0 radical (unpaired) electrons. The van der Waals surface area contributed by atoms with E-state index in [9.17, 15) is 0 Å². The third-order valence-corrected chi connectivity index (χ3v) is 2.76. The van der Waals surface area contributed by atoms with E-state index >= 15 is 0 Å². The number of rotatable bonds is 3. The van der Waals surface area contributed by atoms with Gasteiger partial charge in [-0.15, -0.1) is 0 Å². The van der Waals surface area contributed by atoms with Gasteiger partial charge in [0.25, 0.3) is 0 Å². The quantitative estimate of drug-likeness (QED) is 0.740. The van der Waals surface area contributed by atoms with Gasteiger partial charge in [-0.2, -0.15) is 0 Å². The molecule has 2 nitrogen and oxygen atoms in total. The van der Waals surface area contributed by atoms with Crippen molar-refractivity contribution < 1.29 is 0 Å². The summed E-state index contributed by atoms with van der Waals surface area (Å²) in [6.45, 7) is 3.12. The zero-order valence-corrected chi connectivity index (χ0v) is 8.96. The predicted molar refractivity (Wildman–Crippen MR) is 60.1 cm³/mol. The van der Waals surface area contributed by atoms with Gasteiger partial charge in [-0.3, -0.25) is 4.90 Å². The summed E-state index contributed by atoms with van der Waals surface area (Å²) in [6, 6.07) is 7.12. The van der Waals surface area contributed by atoms with E-state index in [0.29, 0.717) is 0 Å². The number of nitrogen functional groups attached to an aromatic ring is 1. The molecule has 1 aromatic rings. The highest BCUT2D eigenvalue weighted by Gasteiger charge is 2.25. The van der Waals surface area contributed by atoms with Gasteiger partial charge in [-0.25, -0.2) is 0 Å². The van der Waals surface area contributed by atoms with Gasteiger partial charge in [0.2, 0.25) is 0 Å². The Morgan fingerprint density at radius 3 is 2.64 bits per heavy atom. The SMILES string of the molecule is Cc1cc(N)cc(CN(C)C2CC2)c1. The molecule has 0 aliphatic heterocycles. The van der Waals surface area contributed by atoms with E-state index in [1.54, 1.807) is 0 Å². The highest BCUT2D eigenvalue weighted by molar-refractivity contribution is 5.44. The first-order valence-corrected chi connectivity index (χ1v) is 5.21. The van der Waals surface area contributed by atoms with E-state index < -0.39 is 0 Å². The molecular formula is C12H18N2.